The van der Waals surface area contributed by atoms with Crippen molar-refractivity contribution in [3.05, 3.63) is 47.9 Å². The summed E-state index contributed by atoms with van der Waals surface area (Å²) in [7, 11) is 1.35. The van der Waals surface area contributed by atoms with E-state index < -0.39 is 5.97 Å². The standard InChI is InChI=1S/C23H30N4O4/c1-30-22(28)17-8-9-19(26-10-2-3-11-26)18(15-17)25-23(29)24-16-20(21-7-6-14-31-21)27-12-4-5-13-27/h6-9,14-15,20H,2-5,10-13,16H2,1H3,(H2,24,25,29)/t20-/m1/s1. The van der Waals surface area contributed by atoms with Crippen molar-refractivity contribution in [3.8, 4) is 0 Å². The maximum Gasteiger partial charge on any atom is 0.337 e. The summed E-state index contributed by atoms with van der Waals surface area (Å²) in [5.74, 6) is 0.427. The van der Waals surface area contributed by atoms with E-state index in [-0.39, 0.29) is 12.1 Å². The first kappa shape index (κ1) is 21.2. The van der Waals surface area contributed by atoms with Crippen molar-refractivity contribution in [1.29, 1.82) is 0 Å². The van der Waals surface area contributed by atoms with Gasteiger partial charge in [0.05, 0.1) is 36.4 Å². The number of nitrogens with zero attached hydrogens (tertiary/aromatic N) is 2. The van der Waals surface area contributed by atoms with Gasteiger partial charge in [0.15, 0.2) is 0 Å². The third kappa shape index (κ3) is 5.02. The Labute approximate surface area is 182 Å². The number of carbonyl (C=O) groups is 2. The molecule has 2 N–H and O–H groups in total. The normalized spacial score (nSPS) is 17.5. The van der Waals surface area contributed by atoms with Crippen molar-refractivity contribution in [2.24, 2.45) is 0 Å². The lowest BCUT2D eigenvalue weighted by Crippen LogP contribution is -2.38. The van der Waals surface area contributed by atoms with E-state index in [0.29, 0.717) is 17.8 Å². The molecule has 166 valence electrons. The van der Waals surface area contributed by atoms with Crippen LogP contribution in [-0.4, -0.2) is 56.7 Å². The minimum atomic E-state index is -0.427. The highest BCUT2D eigenvalue weighted by Gasteiger charge is 2.26. The SMILES string of the molecule is COC(=O)c1ccc(N2CCCC2)c(NC(=O)NC[C@H](c2ccco2)N2CCCC2)c1. The quantitative estimate of drug-likeness (QED) is 0.658. The third-order valence-corrected chi connectivity index (χ3v) is 6.02. The van der Waals surface area contributed by atoms with Crippen LogP contribution in [-0.2, 0) is 4.74 Å². The Kier molecular flexibility index (Phi) is 6.76. The van der Waals surface area contributed by atoms with Crippen molar-refractivity contribution < 1.29 is 18.7 Å². The highest BCUT2D eigenvalue weighted by Crippen LogP contribution is 2.30. The molecule has 8 nitrogen and oxygen atoms in total. The van der Waals surface area contributed by atoms with Crippen molar-refractivity contribution in [3.63, 3.8) is 0 Å². The number of benzene rings is 1. The molecular formula is C23H30N4O4. The van der Waals surface area contributed by atoms with E-state index in [1.54, 1.807) is 18.4 Å². The van der Waals surface area contributed by atoms with E-state index in [1.165, 1.54) is 7.11 Å². The summed E-state index contributed by atoms with van der Waals surface area (Å²) in [6.07, 6.45) is 6.21. The summed E-state index contributed by atoms with van der Waals surface area (Å²) in [5.41, 5.74) is 1.94. The molecule has 1 aromatic heterocycles. The van der Waals surface area contributed by atoms with Gasteiger partial charge in [-0.1, -0.05) is 0 Å². The number of hydrogen-bond donors (Lipinski definition) is 2. The summed E-state index contributed by atoms with van der Waals surface area (Å²) in [4.78, 5) is 29.4. The molecule has 0 saturated carbocycles. The number of esters is 1. The molecule has 2 aromatic rings. The molecule has 0 spiro atoms. The fraction of sp³-hybridized carbons (Fsp3) is 0.478. The van der Waals surface area contributed by atoms with E-state index in [2.05, 4.69) is 20.4 Å². The fourth-order valence-corrected chi connectivity index (χ4v) is 4.41. The molecule has 0 aliphatic carbocycles. The van der Waals surface area contributed by atoms with Crippen LogP contribution in [0.15, 0.2) is 41.0 Å². The zero-order chi connectivity index (χ0) is 21.6. The molecule has 1 aromatic carbocycles. The molecule has 31 heavy (non-hydrogen) atoms. The minimum Gasteiger partial charge on any atom is -0.468 e. The molecule has 0 bridgehead atoms. The van der Waals surface area contributed by atoms with Crippen molar-refractivity contribution in [2.45, 2.75) is 31.7 Å². The lowest BCUT2D eigenvalue weighted by molar-refractivity contribution is 0.0600. The smallest absolute Gasteiger partial charge is 0.337 e. The van der Waals surface area contributed by atoms with E-state index in [9.17, 15) is 9.59 Å². The number of amides is 2. The van der Waals surface area contributed by atoms with E-state index >= 15 is 0 Å². The molecule has 0 radical (unpaired) electrons. The van der Waals surface area contributed by atoms with Crippen LogP contribution in [0.1, 0.15) is 47.8 Å². The molecular weight excluding hydrogens is 396 g/mol. The molecule has 2 amide bonds. The average Bonchev–Trinajstić information content (AvgIpc) is 3.57. The Morgan fingerprint density at radius 3 is 2.52 bits per heavy atom. The lowest BCUT2D eigenvalue weighted by atomic mass is 10.1. The van der Waals surface area contributed by atoms with Gasteiger partial charge in [-0.05, 0) is 69.1 Å². The Morgan fingerprint density at radius 1 is 1.10 bits per heavy atom. The first-order valence-corrected chi connectivity index (χ1v) is 11.0. The van der Waals surface area contributed by atoms with Gasteiger partial charge in [-0.3, -0.25) is 4.90 Å². The minimum absolute atomic E-state index is 0.00251. The number of ether oxygens (including phenoxy) is 1. The van der Waals surface area contributed by atoms with Gasteiger partial charge in [0.25, 0.3) is 0 Å². The zero-order valence-corrected chi connectivity index (χ0v) is 17.9. The summed E-state index contributed by atoms with van der Waals surface area (Å²) in [6.45, 7) is 4.30. The molecule has 8 heteroatoms. The lowest BCUT2D eigenvalue weighted by Gasteiger charge is -2.26. The van der Waals surface area contributed by atoms with Crippen LogP contribution in [0.4, 0.5) is 16.2 Å². The van der Waals surface area contributed by atoms with E-state index in [4.69, 9.17) is 9.15 Å². The van der Waals surface area contributed by atoms with E-state index in [0.717, 1.165) is 63.3 Å². The van der Waals surface area contributed by atoms with Crippen LogP contribution >= 0.6 is 0 Å². The molecule has 1 atom stereocenters. The summed E-state index contributed by atoms with van der Waals surface area (Å²) >= 11 is 0. The fourth-order valence-electron chi connectivity index (χ4n) is 4.41. The monoisotopic (exact) mass is 426 g/mol. The van der Waals surface area contributed by atoms with Gasteiger partial charge in [-0.25, -0.2) is 9.59 Å². The van der Waals surface area contributed by atoms with E-state index in [1.807, 2.05) is 18.2 Å². The van der Waals surface area contributed by atoms with Gasteiger partial charge >= 0.3 is 12.0 Å². The predicted octanol–water partition coefficient (Wildman–Crippen LogP) is 3.63. The second-order valence-electron chi connectivity index (χ2n) is 8.03. The second kappa shape index (κ2) is 9.87. The molecule has 2 fully saturated rings. The molecule has 2 aliphatic rings. The predicted molar refractivity (Wildman–Crippen MR) is 119 cm³/mol. The number of carbonyl (C=O) groups excluding carboxylic acids is 2. The van der Waals surface area contributed by atoms with Gasteiger partial charge < -0.3 is 24.7 Å². The number of anilines is 2. The van der Waals surface area contributed by atoms with Crippen LogP contribution in [0.2, 0.25) is 0 Å². The van der Waals surface area contributed by atoms with Gasteiger partial charge in [0.1, 0.15) is 5.76 Å². The van der Waals surface area contributed by atoms with Crippen molar-refractivity contribution >= 4 is 23.4 Å². The van der Waals surface area contributed by atoms with Crippen LogP contribution in [0, 0.1) is 0 Å². The number of rotatable bonds is 7. The Bertz CT molecular complexity index is 887. The number of likely N-dealkylation sites (tertiary alicyclic amines) is 1. The largest absolute Gasteiger partial charge is 0.468 e. The van der Waals surface area contributed by atoms with Gasteiger partial charge in [-0.15, -0.1) is 0 Å². The van der Waals surface area contributed by atoms with Gasteiger partial charge in [-0.2, -0.15) is 0 Å². The van der Waals surface area contributed by atoms with Gasteiger partial charge in [0.2, 0.25) is 0 Å². The average molecular weight is 427 g/mol. The van der Waals surface area contributed by atoms with Crippen LogP contribution in [0.3, 0.4) is 0 Å². The topological polar surface area (TPSA) is 87.0 Å². The molecule has 0 unspecified atom stereocenters. The third-order valence-electron chi connectivity index (χ3n) is 6.02. The summed E-state index contributed by atoms with van der Waals surface area (Å²) in [5, 5.41) is 5.94. The highest BCUT2D eigenvalue weighted by molar-refractivity contribution is 5.97. The first-order chi connectivity index (χ1) is 15.2. The number of urea groups is 1. The van der Waals surface area contributed by atoms with Crippen molar-refractivity contribution in [2.75, 3.05) is 50.1 Å². The Morgan fingerprint density at radius 2 is 1.84 bits per heavy atom. The maximum absolute atomic E-state index is 12.8. The number of hydrogen-bond acceptors (Lipinski definition) is 6. The number of methoxy groups -OCH3 is 1. The Hall–Kier alpha value is -3.00. The zero-order valence-electron chi connectivity index (χ0n) is 17.9. The van der Waals surface area contributed by atoms with Crippen LogP contribution in [0.25, 0.3) is 0 Å². The molecule has 3 heterocycles. The second-order valence-corrected chi connectivity index (χ2v) is 8.03. The van der Waals surface area contributed by atoms with Crippen molar-refractivity contribution in [1.82, 2.24) is 10.2 Å². The molecule has 2 aliphatic heterocycles. The molecule has 4 rings (SSSR count). The number of furan rings is 1. The maximum atomic E-state index is 12.8. The Balaban J connectivity index is 1.47. The highest BCUT2D eigenvalue weighted by atomic mass is 16.5. The van der Waals surface area contributed by atoms with Gasteiger partial charge in [0, 0.05) is 19.6 Å². The van der Waals surface area contributed by atoms with Crippen LogP contribution in [0.5, 0.6) is 0 Å². The van der Waals surface area contributed by atoms with Crippen LogP contribution < -0.4 is 15.5 Å². The number of nitrogens with one attached hydrogen (secondary N) is 2. The summed E-state index contributed by atoms with van der Waals surface area (Å²) in [6, 6.07) is 8.82. The molecule has 2 saturated heterocycles. The first-order valence-electron chi connectivity index (χ1n) is 11.0. The summed E-state index contributed by atoms with van der Waals surface area (Å²) < 4.78 is 10.5.